The number of benzene rings is 2. The summed E-state index contributed by atoms with van der Waals surface area (Å²) in [5.74, 6) is 0.951. The van der Waals surface area contributed by atoms with Crippen molar-refractivity contribution in [3.05, 3.63) is 60.2 Å². The van der Waals surface area contributed by atoms with E-state index in [1.165, 1.54) is 21.5 Å². The highest BCUT2D eigenvalue weighted by atomic mass is 32.2. The Labute approximate surface area is 110 Å². The van der Waals surface area contributed by atoms with Gasteiger partial charge in [-0.3, -0.25) is 0 Å². The molecule has 0 unspecified atom stereocenters. The molecule has 0 aliphatic carbocycles. The van der Waals surface area contributed by atoms with Crippen molar-refractivity contribution in [2.75, 3.05) is 5.73 Å². The number of nitrogens with one attached hydrogen (secondary N) is 1. The standard InChI is InChI=1S/C15H14N2S/c16-13-7-5-11(6-8-13)10-18-15-9-12-3-1-2-4-14(12)17-15/h1-9,17H,10,16H2. The van der Waals surface area contributed by atoms with Crippen LogP contribution in [0.5, 0.6) is 0 Å². The van der Waals surface area contributed by atoms with Gasteiger partial charge >= 0.3 is 0 Å². The second-order valence-electron chi connectivity index (χ2n) is 4.25. The minimum atomic E-state index is 0.814. The van der Waals surface area contributed by atoms with Gasteiger partial charge in [-0.2, -0.15) is 0 Å². The van der Waals surface area contributed by atoms with Crippen molar-refractivity contribution in [2.45, 2.75) is 10.8 Å². The molecule has 0 amide bonds. The summed E-state index contributed by atoms with van der Waals surface area (Å²) in [4.78, 5) is 3.42. The van der Waals surface area contributed by atoms with Crippen LogP contribution in [0, 0.1) is 0 Å². The quantitative estimate of drug-likeness (QED) is 0.547. The maximum Gasteiger partial charge on any atom is 0.0735 e. The lowest BCUT2D eigenvalue weighted by molar-refractivity contribution is 1.23. The van der Waals surface area contributed by atoms with Crippen LogP contribution in [0.15, 0.2) is 59.6 Å². The van der Waals surface area contributed by atoms with Crippen LogP contribution < -0.4 is 5.73 Å². The number of H-pyrrole nitrogens is 1. The zero-order valence-electron chi connectivity index (χ0n) is 9.89. The smallest absolute Gasteiger partial charge is 0.0735 e. The largest absolute Gasteiger partial charge is 0.399 e. The van der Waals surface area contributed by atoms with Crippen molar-refractivity contribution >= 4 is 28.4 Å². The molecule has 0 bridgehead atoms. The molecule has 18 heavy (non-hydrogen) atoms. The van der Waals surface area contributed by atoms with Crippen LogP contribution in [0.2, 0.25) is 0 Å². The number of thioether (sulfide) groups is 1. The molecule has 0 saturated carbocycles. The highest BCUT2D eigenvalue weighted by molar-refractivity contribution is 7.98. The second kappa shape index (κ2) is 4.78. The first-order chi connectivity index (χ1) is 8.81. The molecule has 90 valence electrons. The number of nitrogen functional groups attached to an aromatic ring is 1. The van der Waals surface area contributed by atoms with Crippen LogP contribution in [0.25, 0.3) is 10.9 Å². The third-order valence-corrected chi connectivity index (χ3v) is 3.89. The molecule has 0 aliphatic heterocycles. The summed E-state index contributed by atoms with van der Waals surface area (Å²) in [5, 5.41) is 2.46. The molecule has 0 saturated heterocycles. The van der Waals surface area contributed by atoms with Crippen molar-refractivity contribution < 1.29 is 0 Å². The van der Waals surface area contributed by atoms with E-state index in [-0.39, 0.29) is 0 Å². The monoisotopic (exact) mass is 254 g/mol. The predicted molar refractivity (Wildman–Crippen MR) is 78.7 cm³/mol. The molecule has 2 aromatic carbocycles. The highest BCUT2D eigenvalue weighted by Crippen LogP contribution is 2.26. The predicted octanol–water partition coefficient (Wildman–Crippen LogP) is 4.04. The van der Waals surface area contributed by atoms with E-state index >= 15 is 0 Å². The average molecular weight is 254 g/mol. The number of hydrogen-bond acceptors (Lipinski definition) is 2. The summed E-state index contributed by atoms with van der Waals surface area (Å²) >= 11 is 1.81. The number of nitrogens with two attached hydrogens (primary N) is 1. The first-order valence-corrected chi connectivity index (χ1v) is 6.85. The van der Waals surface area contributed by atoms with Gasteiger partial charge in [-0.1, -0.05) is 30.3 Å². The molecule has 2 nitrogen and oxygen atoms in total. The van der Waals surface area contributed by atoms with Gasteiger partial charge in [0.2, 0.25) is 0 Å². The van der Waals surface area contributed by atoms with Gasteiger partial charge in [0.15, 0.2) is 0 Å². The molecule has 0 aliphatic rings. The number of anilines is 1. The zero-order valence-corrected chi connectivity index (χ0v) is 10.7. The Kier molecular flexibility index (Phi) is 2.99. The Hall–Kier alpha value is -1.87. The molecule has 3 heteroatoms. The molecule has 0 fully saturated rings. The lowest BCUT2D eigenvalue weighted by Crippen LogP contribution is -1.85. The van der Waals surface area contributed by atoms with Crippen LogP contribution in [0.4, 0.5) is 5.69 Å². The Morgan fingerprint density at radius 3 is 2.56 bits per heavy atom. The third-order valence-electron chi connectivity index (χ3n) is 2.88. The minimum Gasteiger partial charge on any atom is -0.399 e. The average Bonchev–Trinajstić information content (AvgIpc) is 2.81. The van der Waals surface area contributed by atoms with Gasteiger partial charge in [-0.15, -0.1) is 11.8 Å². The normalized spacial score (nSPS) is 10.9. The molecule has 3 N–H and O–H groups in total. The van der Waals surface area contributed by atoms with Crippen molar-refractivity contribution in [1.29, 1.82) is 0 Å². The Morgan fingerprint density at radius 2 is 1.78 bits per heavy atom. The van der Waals surface area contributed by atoms with E-state index in [4.69, 9.17) is 5.73 Å². The molecule has 3 aromatic rings. The maximum atomic E-state index is 5.67. The van der Waals surface area contributed by atoms with Crippen LogP contribution in [-0.4, -0.2) is 4.98 Å². The molecule has 3 rings (SSSR count). The Morgan fingerprint density at radius 1 is 1.00 bits per heavy atom. The van der Waals surface area contributed by atoms with Gasteiger partial charge in [-0.25, -0.2) is 0 Å². The van der Waals surface area contributed by atoms with Crippen molar-refractivity contribution in [3.8, 4) is 0 Å². The molecule has 0 radical (unpaired) electrons. The third kappa shape index (κ3) is 2.36. The minimum absolute atomic E-state index is 0.814. The van der Waals surface area contributed by atoms with Gasteiger partial charge in [0.05, 0.1) is 5.03 Å². The molecule has 0 spiro atoms. The second-order valence-corrected chi connectivity index (χ2v) is 5.27. The highest BCUT2D eigenvalue weighted by Gasteiger charge is 2.01. The van der Waals surface area contributed by atoms with Gasteiger partial charge < -0.3 is 10.7 Å². The first kappa shape index (κ1) is 11.2. The van der Waals surface area contributed by atoms with Crippen LogP contribution in [0.3, 0.4) is 0 Å². The number of aromatic amines is 1. The number of fused-ring (bicyclic) bond motifs is 1. The van der Waals surface area contributed by atoms with Crippen LogP contribution >= 0.6 is 11.8 Å². The van der Waals surface area contributed by atoms with Crippen LogP contribution in [0.1, 0.15) is 5.56 Å². The Balaban J connectivity index is 1.74. The summed E-state index contributed by atoms with van der Waals surface area (Å²) in [6, 6.07) is 18.6. The number of rotatable bonds is 3. The van der Waals surface area contributed by atoms with E-state index < -0.39 is 0 Å². The fourth-order valence-electron chi connectivity index (χ4n) is 1.90. The molecule has 1 aromatic heterocycles. The van der Waals surface area contributed by atoms with E-state index in [0.717, 1.165) is 11.4 Å². The fraction of sp³-hybridized carbons (Fsp3) is 0.0667. The van der Waals surface area contributed by atoms with Crippen molar-refractivity contribution in [1.82, 2.24) is 4.98 Å². The summed E-state index contributed by atoms with van der Waals surface area (Å²) in [6.07, 6.45) is 0. The lowest BCUT2D eigenvalue weighted by Gasteiger charge is -2.00. The van der Waals surface area contributed by atoms with Gasteiger partial charge in [0.25, 0.3) is 0 Å². The zero-order chi connectivity index (χ0) is 12.4. The number of hydrogen-bond donors (Lipinski definition) is 2. The number of aromatic nitrogens is 1. The summed E-state index contributed by atoms with van der Waals surface area (Å²) in [6.45, 7) is 0. The lowest BCUT2D eigenvalue weighted by atomic mass is 10.2. The van der Waals surface area contributed by atoms with E-state index in [0.29, 0.717) is 0 Å². The topological polar surface area (TPSA) is 41.8 Å². The summed E-state index contributed by atoms with van der Waals surface area (Å²) < 4.78 is 0. The molecule has 0 atom stereocenters. The molecular formula is C15H14N2S. The summed E-state index contributed by atoms with van der Waals surface area (Å²) in [5.41, 5.74) is 8.96. The van der Waals surface area contributed by atoms with E-state index in [1.807, 2.05) is 30.0 Å². The van der Waals surface area contributed by atoms with E-state index in [9.17, 15) is 0 Å². The molecule has 1 heterocycles. The summed E-state index contributed by atoms with van der Waals surface area (Å²) in [7, 11) is 0. The van der Waals surface area contributed by atoms with Crippen molar-refractivity contribution in [2.24, 2.45) is 0 Å². The fourth-order valence-corrected chi connectivity index (χ4v) is 2.81. The van der Waals surface area contributed by atoms with E-state index in [1.54, 1.807) is 0 Å². The van der Waals surface area contributed by atoms with E-state index in [2.05, 4.69) is 41.4 Å². The van der Waals surface area contributed by atoms with Gasteiger partial charge in [0.1, 0.15) is 0 Å². The van der Waals surface area contributed by atoms with Gasteiger partial charge in [-0.05, 0) is 29.8 Å². The van der Waals surface area contributed by atoms with Crippen LogP contribution in [-0.2, 0) is 5.75 Å². The SMILES string of the molecule is Nc1ccc(CSc2cc3ccccc3[nH]2)cc1. The number of para-hydroxylation sites is 1. The molecular weight excluding hydrogens is 240 g/mol. The van der Waals surface area contributed by atoms with Crippen molar-refractivity contribution in [3.63, 3.8) is 0 Å². The first-order valence-electron chi connectivity index (χ1n) is 5.86. The Bertz CT molecular complexity index is 623. The maximum absolute atomic E-state index is 5.67. The van der Waals surface area contributed by atoms with Gasteiger partial charge in [0, 0.05) is 22.3 Å².